The molecule has 19 heavy (non-hydrogen) atoms. The molecule has 0 atom stereocenters. The van der Waals surface area contributed by atoms with Crippen molar-refractivity contribution in [1.29, 1.82) is 0 Å². The van der Waals surface area contributed by atoms with Gasteiger partial charge in [-0.1, -0.05) is 37.8 Å². The number of ether oxygens (including phenoxy) is 1. The summed E-state index contributed by atoms with van der Waals surface area (Å²) in [6.45, 7) is 4.82. The van der Waals surface area contributed by atoms with Gasteiger partial charge in [-0.3, -0.25) is 0 Å². The summed E-state index contributed by atoms with van der Waals surface area (Å²) in [4.78, 5) is 9.26. The van der Waals surface area contributed by atoms with Gasteiger partial charge in [0.15, 0.2) is 5.82 Å². The molecular weight excluding hydrogens is 375 g/mol. The Morgan fingerprint density at radius 1 is 1.21 bits per heavy atom. The fourth-order valence-electron chi connectivity index (χ4n) is 2.73. The first-order valence-corrected chi connectivity index (χ1v) is 8.45. The molecule has 1 aliphatic carbocycles. The summed E-state index contributed by atoms with van der Waals surface area (Å²) in [5.41, 5.74) is 0.713. The number of hydrogen-bond donors (Lipinski definition) is 0. The van der Waals surface area contributed by atoms with E-state index in [0.29, 0.717) is 11.8 Å². The molecule has 0 spiro atoms. The van der Waals surface area contributed by atoms with Crippen molar-refractivity contribution in [3.63, 3.8) is 0 Å². The normalized spacial score (nSPS) is 18.5. The van der Waals surface area contributed by atoms with Crippen molar-refractivity contribution in [2.45, 2.75) is 58.0 Å². The minimum absolute atomic E-state index is 0.315. The molecule has 5 heteroatoms. The van der Waals surface area contributed by atoms with Crippen molar-refractivity contribution in [3.05, 3.63) is 20.2 Å². The molecule has 1 aromatic rings. The highest BCUT2D eigenvalue weighted by Gasteiger charge is 2.38. The lowest BCUT2D eigenvalue weighted by Crippen LogP contribution is -2.35. The predicted octanol–water partition coefficient (Wildman–Crippen LogP) is 4.49. The lowest BCUT2D eigenvalue weighted by molar-refractivity contribution is -0.0768. The fourth-order valence-corrected chi connectivity index (χ4v) is 3.54. The summed E-state index contributed by atoms with van der Waals surface area (Å²) >= 11 is 8.49. The molecule has 1 saturated carbocycles. The largest absolute Gasteiger partial charge is 0.367 e. The highest BCUT2D eigenvalue weighted by molar-refractivity contribution is 14.1. The molecule has 1 heterocycles. The molecule has 0 unspecified atom stereocenters. The van der Waals surface area contributed by atoms with Gasteiger partial charge in [0.25, 0.3) is 0 Å². The van der Waals surface area contributed by atoms with Gasteiger partial charge in [0.2, 0.25) is 0 Å². The number of aromatic nitrogens is 2. The molecule has 0 saturated heterocycles. The highest BCUT2D eigenvalue weighted by Crippen LogP contribution is 2.39. The van der Waals surface area contributed by atoms with Crippen LogP contribution in [0.1, 0.15) is 57.5 Å². The maximum absolute atomic E-state index is 6.26. The van der Waals surface area contributed by atoms with E-state index in [2.05, 4.69) is 34.5 Å². The first kappa shape index (κ1) is 15.4. The average molecular weight is 395 g/mol. The minimum atomic E-state index is -0.315. The fraction of sp³-hybridized carbons (Fsp3) is 0.714. The van der Waals surface area contributed by atoms with Gasteiger partial charge in [0.1, 0.15) is 10.8 Å². The maximum atomic E-state index is 6.26. The third kappa shape index (κ3) is 3.22. The molecule has 0 bridgehead atoms. The Morgan fingerprint density at radius 2 is 1.89 bits per heavy atom. The summed E-state index contributed by atoms with van der Waals surface area (Å²) < 4.78 is 7.03. The molecule has 0 amide bonds. The van der Waals surface area contributed by atoms with Crippen LogP contribution in [0.2, 0.25) is 5.15 Å². The Balaban J connectivity index is 2.44. The predicted molar refractivity (Wildman–Crippen MR) is 85.5 cm³/mol. The van der Waals surface area contributed by atoms with Crippen LogP contribution in [0.15, 0.2) is 0 Å². The van der Waals surface area contributed by atoms with Crippen LogP contribution in [-0.2, 0) is 16.8 Å². The zero-order valence-electron chi connectivity index (χ0n) is 11.5. The quantitative estimate of drug-likeness (QED) is 0.557. The van der Waals surface area contributed by atoms with Crippen LogP contribution < -0.4 is 0 Å². The molecule has 106 valence electrons. The molecule has 0 N–H and O–H groups in total. The highest BCUT2D eigenvalue weighted by atomic mass is 127. The number of halogens is 2. The van der Waals surface area contributed by atoms with Crippen molar-refractivity contribution >= 4 is 34.2 Å². The van der Waals surface area contributed by atoms with E-state index in [0.717, 1.165) is 34.4 Å². The molecule has 1 aliphatic rings. The standard InChI is InChI=1S/C14H20ClIN2O/c1-3-10-11(16)12(15)18-13(17-10)14(19-4-2)8-6-5-7-9-14/h3-9H2,1-2H3. The van der Waals surface area contributed by atoms with Crippen LogP contribution in [0, 0.1) is 3.57 Å². The summed E-state index contributed by atoms with van der Waals surface area (Å²) in [7, 11) is 0. The van der Waals surface area contributed by atoms with E-state index in [9.17, 15) is 0 Å². The van der Waals surface area contributed by atoms with Crippen molar-refractivity contribution < 1.29 is 4.74 Å². The van der Waals surface area contributed by atoms with E-state index in [4.69, 9.17) is 21.3 Å². The topological polar surface area (TPSA) is 35.0 Å². The number of nitrogens with zero attached hydrogens (tertiary/aromatic N) is 2. The van der Waals surface area contributed by atoms with Crippen LogP contribution in [-0.4, -0.2) is 16.6 Å². The number of rotatable bonds is 4. The average Bonchev–Trinajstić information content (AvgIpc) is 2.43. The Labute approximate surface area is 133 Å². The summed E-state index contributed by atoms with van der Waals surface area (Å²) in [5, 5.41) is 0.562. The van der Waals surface area contributed by atoms with Gasteiger partial charge in [-0.05, 0) is 48.8 Å². The molecule has 3 nitrogen and oxygen atoms in total. The van der Waals surface area contributed by atoms with Gasteiger partial charge < -0.3 is 4.74 Å². The van der Waals surface area contributed by atoms with Crippen LogP contribution in [0.5, 0.6) is 0 Å². The summed E-state index contributed by atoms with van der Waals surface area (Å²) in [6, 6.07) is 0. The zero-order chi connectivity index (χ0) is 13.9. The van der Waals surface area contributed by atoms with Gasteiger partial charge in [-0.15, -0.1) is 0 Å². The minimum Gasteiger partial charge on any atom is -0.367 e. The second kappa shape index (κ2) is 6.68. The molecule has 0 aromatic carbocycles. The molecular formula is C14H20ClIN2O. The molecule has 0 aliphatic heterocycles. The molecule has 0 radical (unpaired) electrons. The van der Waals surface area contributed by atoms with E-state index >= 15 is 0 Å². The molecule has 1 fully saturated rings. The summed E-state index contributed by atoms with van der Waals surface area (Å²) in [6.07, 6.45) is 6.49. The number of hydrogen-bond acceptors (Lipinski definition) is 3. The number of aryl methyl sites for hydroxylation is 1. The van der Waals surface area contributed by atoms with E-state index in [-0.39, 0.29) is 5.60 Å². The van der Waals surface area contributed by atoms with Crippen molar-refractivity contribution in [1.82, 2.24) is 9.97 Å². The zero-order valence-corrected chi connectivity index (χ0v) is 14.4. The Kier molecular flexibility index (Phi) is 5.43. The first-order valence-electron chi connectivity index (χ1n) is 6.99. The van der Waals surface area contributed by atoms with E-state index < -0.39 is 0 Å². The molecule has 2 rings (SSSR count). The Bertz CT molecular complexity index is 442. The van der Waals surface area contributed by atoms with Crippen molar-refractivity contribution in [2.75, 3.05) is 6.61 Å². The summed E-state index contributed by atoms with van der Waals surface area (Å²) in [5.74, 6) is 0.788. The van der Waals surface area contributed by atoms with E-state index in [1.54, 1.807) is 0 Å². The van der Waals surface area contributed by atoms with Gasteiger partial charge in [-0.25, -0.2) is 9.97 Å². The van der Waals surface area contributed by atoms with E-state index in [1.807, 2.05) is 6.92 Å². The third-order valence-corrected chi connectivity index (χ3v) is 5.43. The van der Waals surface area contributed by atoms with Crippen LogP contribution in [0.25, 0.3) is 0 Å². The van der Waals surface area contributed by atoms with Gasteiger partial charge in [0.05, 0.1) is 9.26 Å². The Morgan fingerprint density at radius 3 is 2.47 bits per heavy atom. The second-order valence-corrected chi connectivity index (χ2v) is 6.38. The first-order chi connectivity index (χ1) is 9.13. The SMILES string of the molecule is CCOC1(c2nc(Cl)c(I)c(CC)n2)CCCCC1. The Hall–Kier alpha value is 0.0600. The van der Waals surface area contributed by atoms with Gasteiger partial charge >= 0.3 is 0 Å². The smallest absolute Gasteiger partial charge is 0.162 e. The van der Waals surface area contributed by atoms with Gasteiger partial charge in [0, 0.05) is 6.61 Å². The molecule has 1 aromatic heterocycles. The second-order valence-electron chi connectivity index (χ2n) is 4.94. The lowest BCUT2D eigenvalue weighted by Gasteiger charge is -2.35. The monoisotopic (exact) mass is 394 g/mol. The van der Waals surface area contributed by atoms with Crippen LogP contribution >= 0.6 is 34.2 Å². The van der Waals surface area contributed by atoms with Crippen molar-refractivity contribution in [2.24, 2.45) is 0 Å². The maximum Gasteiger partial charge on any atom is 0.162 e. The van der Waals surface area contributed by atoms with Gasteiger partial charge in [-0.2, -0.15) is 0 Å². The van der Waals surface area contributed by atoms with E-state index in [1.165, 1.54) is 19.3 Å². The van der Waals surface area contributed by atoms with Crippen molar-refractivity contribution in [3.8, 4) is 0 Å². The van der Waals surface area contributed by atoms with Crippen LogP contribution in [0.3, 0.4) is 0 Å². The third-order valence-electron chi connectivity index (χ3n) is 3.70. The lowest BCUT2D eigenvalue weighted by atomic mass is 9.83. The van der Waals surface area contributed by atoms with Crippen LogP contribution in [0.4, 0.5) is 0 Å².